The number of carbonyl (C=O) groups excluding carboxylic acids is 1. The van der Waals surface area contributed by atoms with Crippen molar-refractivity contribution in [1.29, 1.82) is 0 Å². The first-order valence-electron chi connectivity index (χ1n) is 7.00. The van der Waals surface area contributed by atoms with E-state index in [0.717, 1.165) is 30.4 Å². The SMILES string of the molecule is CCOC(=O)CCCNCc1cccc2cccnc12. The molecule has 0 saturated carbocycles. The molecule has 2 rings (SSSR count). The lowest BCUT2D eigenvalue weighted by Gasteiger charge is -2.07. The number of esters is 1. The lowest BCUT2D eigenvalue weighted by atomic mass is 10.1. The number of fused-ring (bicyclic) bond motifs is 1. The highest BCUT2D eigenvalue weighted by molar-refractivity contribution is 5.81. The van der Waals surface area contributed by atoms with Gasteiger partial charge in [-0.25, -0.2) is 0 Å². The van der Waals surface area contributed by atoms with Crippen LogP contribution in [0.25, 0.3) is 10.9 Å². The Labute approximate surface area is 119 Å². The average Bonchev–Trinajstić information content (AvgIpc) is 2.47. The van der Waals surface area contributed by atoms with Crippen LogP contribution in [-0.4, -0.2) is 24.1 Å². The van der Waals surface area contributed by atoms with Gasteiger partial charge in [-0.3, -0.25) is 9.78 Å². The van der Waals surface area contributed by atoms with Crippen LogP contribution in [0.4, 0.5) is 0 Å². The van der Waals surface area contributed by atoms with Gasteiger partial charge in [-0.2, -0.15) is 0 Å². The molecule has 0 radical (unpaired) electrons. The molecule has 0 spiro atoms. The zero-order chi connectivity index (χ0) is 14.2. The van der Waals surface area contributed by atoms with E-state index in [4.69, 9.17) is 4.74 Å². The van der Waals surface area contributed by atoms with Crippen molar-refractivity contribution in [3.8, 4) is 0 Å². The zero-order valence-electron chi connectivity index (χ0n) is 11.8. The fourth-order valence-corrected chi connectivity index (χ4v) is 2.12. The van der Waals surface area contributed by atoms with E-state index in [-0.39, 0.29) is 5.97 Å². The van der Waals surface area contributed by atoms with E-state index in [1.54, 1.807) is 0 Å². The summed E-state index contributed by atoms with van der Waals surface area (Å²) in [5.74, 6) is -0.124. The average molecular weight is 272 g/mol. The van der Waals surface area contributed by atoms with Crippen molar-refractivity contribution in [3.05, 3.63) is 42.1 Å². The lowest BCUT2D eigenvalue weighted by molar-refractivity contribution is -0.143. The molecule has 0 atom stereocenters. The van der Waals surface area contributed by atoms with Gasteiger partial charge in [0.15, 0.2) is 0 Å². The molecule has 4 nitrogen and oxygen atoms in total. The van der Waals surface area contributed by atoms with E-state index >= 15 is 0 Å². The van der Waals surface area contributed by atoms with Crippen LogP contribution in [0.15, 0.2) is 36.5 Å². The second-order valence-electron chi connectivity index (χ2n) is 4.58. The second-order valence-corrected chi connectivity index (χ2v) is 4.58. The largest absolute Gasteiger partial charge is 0.466 e. The molecule has 0 aliphatic heterocycles. The number of aromatic nitrogens is 1. The van der Waals surface area contributed by atoms with Gasteiger partial charge in [-0.15, -0.1) is 0 Å². The fraction of sp³-hybridized carbons (Fsp3) is 0.375. The maximum atomic E-state index is 11.2. The van der Waals surface area contributed by atoms with Crippen LogP contribution in [0, 0.1) is 0 Å². The van der Waals surface area contributed by atoms with Gasteiger partial charge in [-0.1, -0.05) is 24.3 Å². The molecule has 106 valence electrons. The molecule has 0 saturated heterocycles. The topological polar surface area (TPSA) is 51.2 Å². The van der Waals surface area contributed by atoms with Crippen molar-refractivity contribution < 1.29 is 9.53 Å². The molecule has 0 bridgehead atoms. The summed E-state index contributed by atoms with van der Waals surface area (Å²) in [4.78, 5) is 15.6. The number of hydrogen-bond donors (Lipinski definition) is 1. The van der Waals surface area contributed by atoms with Crippen LogP contribution in [0.3, 0.4) is 0 Å². The Balaban J connectivity index is 1.80. The fourth-order valence-electron chi connectivity index (χ4n) is 2.12. The van der Waals surface area contributed by atoms with Crippen molar-refractivity contribution >= 4 is 16.9 Å². The molecular formula is C16H20N2O2. The summed E-state index contributed by atoms with van der Waals surface area (Å²) in [5.41, 5.74) is 2.21. The maximum absolute atomic E-state index is 11.2. The molecule has 4 heteroatoms. The number of para-hydroxylation sites is 1. The number of nitrogens with zero attached hydrogens (tertiary/aromatic N) is 1. The van der Waals surface area contributed by atoms with Gasteiger partial charge in [-0.05, 0) is 31.5 Å². The minimum absolute atomic E-state index is 0.124. The van der Waals surface area contributed by atoms with Crippen molar-refractivity contribution in [2.45, 2.75) is 26.3 Å². The summed E-state index contributed by atoms with van der Waals surface area (Å²) in [6, 6.07) is 10.2. The first kappa shape index (κ1) is 14.5. The Morgan fingerprint density at radius 1 is 1.30 bits per heavy atom. The van der Waals surface area contributed by atoms with E-state index in [1.165, 1.54) is 5.56 Å². The van der Waals surface area contributed by atoms with Crippen molar-refractivity contribution in [3.63, 3.8) is 0 Å². The Morgan fingerprint density at radius 3 is 3.00 bits per heavy atom. The highest BCUT2D eigenvalue weighted by atomic mass is 16.5. The second kappa shape index (κ2) is 7.60. The quantitative estimate of drug-likeness (QED) is 0.622. The molecule has 0 unspecified atom stereocenters. The van der Waals surface area contributed by atoms with Gasteiger partial charge in [0.05, 0.1) is 12.1 Å². The number of nitrogens with one attached hydrogen (secondary N) is 1. The molecule has 1 aromatic heterocycles. The molecule has 1 heterocycles. The first-order chi connectivity index (χ1) is 9.81. The van der Waals surface area contributed by atoms with Crippen LogP contribution >= 0.6 is 0 Å². The Kier molecular flexibility index (Phi) is 5.50. The van der Waals surface area contributed by atoms with Crippen LogP contribution in [0.5, 0.6) is 0 Å². The van der Waals surface area contributed by atoms with E-state index in [2.05, 4.69) is 28.5 Å². The van der Waals surface area contributed by atoms with Crippen molar-refractivity contribution in [2.75, 3.05) is 13.2 Å². The molecule has 1 aromatic carbocycles. The van der Waals surface area contributed by atoms with Gasteiger partial charge in [0.25, 0.3) is 0 Å². The molecule has 0 aliphatic rings. The molecule has 0 amide bonds. The van der Waals surface area contributed by atoms with Gasteiger partial charge in [0, 0.05) is 24.5 Å². The highest BCUT2D eigenvalue weighted by Crippen LogP contribution is 2.15. The van der Waals surface area contributed by atoms with Crippen LogP contribution in [0.2, 0.25) is 0 Å². The zero-order valence-corrected chi connectivity index (χ0v) is 11.8. The first-order valence-corrected chi connectivity index (χ1v) is 7.00. The van der Waals surface area contributed by atoms with E-state index in [0.29, 0.717) is 13.0 Å². The van der Waals surface area contributed by atoms with Gasteiger partial charge in [0.2, 0.25) is 0 Å². The van der Waals surface area contributed by atoms with Crippen LogP contribution < -0.4 is 5.32 Å². The van der Waals surface area contributed by atoms with E-state index in [9.17, 15) is 4.79 Å². The molecule has 1 N–H and O–H groups in total. The summed E-state index contributed by atoms with van der Waals surface area (Å²) in [5, 5.41) is 4.49. The third-order valence-corrected chi connectivity index (χ3v) is 3.07. The standard InChI is InChI=1S/C16H20N2O2/c1-2-20-15(19)9-5-10-17-12-14-7-3-6-13-8-4-11-18-16(13)14/h3-4,6-8,11,17H,2,5,9-10,12H2,1H3. The number of pyridine rings is 1. The van der Waals surface area contributed by atoms with E-state index < -0.39 is 0 Å². The van der Waals surface area contributed by atoms with E-state index in [1.807, 2.05) is 25.3 Å². The van der Waals surface area contributed by atoms with Gasteiger partial charge < -0.3 is 10.1 Å². The molecule has 2 aromatic rings. The Bertz CT molecular complexity index is 564. The lowest BCUT2D eigenvalue weighted by Crippen LogP contribution is -2.16. The van der Waals surface area contributed by atoms with Crippen molar-refractivity contribution in [2.24, 2.45) is 0 Å². The predicted molar refractivity (Wildman–Crippen MR) is 79.3 cm³/mol. The number of hydrogen-bond acceptors (Lipinski definition) is 4. The smallest absolute Gasteiger partial charge is 0.305 e. The molecule has 0 aliphatic carbocycles. The predicted octanol–water partition coefficient (Wildman–Crippen LogP) is 2.67. The third kappa shape index (κ3) is 4.03. The number of rotatable bonds is 7. The Morgan fingerprint density at radius 2 is 2.15 bits per heavy atom. The summed E-state index contributed by atoms with van der Waals surface area (Å²) in [7, 11) is 0. The van der Waals surface area contributed by atoms with Crippen molar-refractivity contribution in [1.82, 2.24) is 10.3 Å². The molecule has 20 heavy (non-hydrogen) atoms. The summed E-state index contributed by atoms with van der Waals surface area (Å²) < 4.78 is 4.89. The normalized spacial score (nSPS) is 10.7. The molecular weight excluding hydrogens is 252 g/mol. The minimum atomic E-state index is -0.124. The number of benzene rings is 1. The van der Waals surface area contributed by atoms with Gasteiger partial charge >= 0.3 is 5.97 Å². The maximum Gasteiger partial charge on any atom is 0.305 e. The van der Waals surface area contributed by atoms with Crippen LogP contribution in [0.1, 0.15) is 25.3 Å². The number of ether oxygens (including phenoxy) is 1. The summed E-state index contributed by atoms with van der Waals surface area (Å²) >= 11 is 0. The summed E-state index contributed by atoms with van der Waals surface area (Å²) in [6.45, 7) is 3.83. The number of carbonyl (C=O) groups is 1. The Hall–Kier alpha value is -1.94. The van der Waals surface area contributed by atoms with Crippen LogP contribution in [-0.2, 0) is 16.1 Å². The highest BCUT2D eigenvalue weighted by Gasteiger charge is 2.03. The minimum Gasteiger partial charge on any atom is -0.466 e. The molecule has 0 fully saturated rings. The third-order valence-electron chi connectivity index (χ3n) is 3.07. The summed E-state index contributed by atoms with van der Waals surface area (Å²) in [6.07, 6.45) is 3.07. The van der Waals surface area contributed by atoms with Gasteiger partial charge in [0.1, 0.15) is 0 Å². The monoisotopic (exact) mass is 272 g/mol.